The average molecular weight is 693 g/mol. The zero-order valence-electron chi connectivity index (χ0n) is 28.5. The molecule has 246 valence electrons. The van der Waals surface area contributed by atoms with Crippen molar-refractivity contribution in [3.8, 4) is 22.3 Å². The Morgan fingerprint density at radius 3 is 2.06 bits per heavy atom. The molecule has 0 unspecified atom stereocenters. The van der Waals surface area contributed by atoms with Crippen LogP contribution in [-0.2, 0) is 0 Å². The molecule has 0 radical (unpaired) electrons. The Labute approximate surface area is 310 Å². The van der Waals surface area contributed by atoms with Crippen molar-refractivity contribution in [2.75, 3.05) is 9.71 Å². The molecule has 0 amide bonds. The van der Waals surface area contributed by atoms with Gasteiger partial charge in [0.15, 0.2) is 5.58 Å². The van der Waals surface area contributed by atoms with Gasteiger partial charge in [0.25, 0.3) is 0 Å². The van der Waals surface area contributed by atoms with E-state index in [9.17, 15) is 0 Å². The molecule has 10 aromatic rings. The predicted molar refractivity (Wildman–Crippen MR) is 226 cm³/mol. The Bertz CT molecular complexity index is 3110. The van der Waals surface area contributed by atoms with Crippen LogP contribution in [-0.4, -0.2) is 6.85 Å². The minimum Gasteiger partial charge on any atom is -0.454 e. The summed E-state index contributed by atoms with van der Waals surface area (Å²) in [7, 11) is 0. The van der Waals surface area contributed by atoms with Crippen LogP contribution >= 0.6 is 11.3 Å². The number of benzene rings is 8. The molecule has 8 aromatic carbocycles. The Morgan fingerprint density at radius 1 is 0.453 bits per heavy atom. The second kappa shape index (κ2) is 11.0. The Morgan fingerprint density at radius 2 is 1.13 bits per heavy atom. The first-order valence-electron chi connectivity index (χ1n) is 18.1. The molecule has 5 heteroatoms. The van der Waals surface area contributed by atoms with Gasteiger partial charge in [-0.25, -0.2) is 0 Å². The molecule has 2 aromatic heterocycles. The van der Waals surface area contributed by atoms with Gasteiger partial charge in [0.1, 0.15) is 5.58 Å². The highest BCUT2D eigenvalue weighted by molar-refractivity contribution is 7.26. The molecule has 4 heterocycles. The molecular weight excluding hydrogens is 663 g/mol. The molecule has 0 saturated heterocycles. The largest absolute Gasteiger partial charge is 0.454 e. The van der Waals surface area contributed by atoms with E-state index in [-0.39, 0.29) is 6.85 Å². The lowest BCUT2D eigenvalue weighted by Crippen LogP contribution is -2.61. The monoisotopic (exact) mass is 692 g/mol. The number of para-hydroxylation sites is 4. The van der Waals surface area contributed by atoms with Crippen molar-refractivity contribution in [1.29, 1.82) is 0 Å². The van der Waals surface area contributed by atoms with Crippen LogP contribution in [0.15, 0.2) is 180 Å². The molecule has 0 N–H and O–H groups in total. The first-order chi connectivity index (χ1) is 26.3. The molecule has 2 aliphatic heterocycles. The molecule has 0 aliphatic carbocycles. The van der Waals surface area contributed by atoms with Crippen LogP contribution in [0.25, 0.3) is 64.4 Å². The van der Waals surface area contributed by atoms with E-state index in [4.69, 9.17) is 4.42 Å². The molecule has 12 rings (SSSR count). The summed E-state index contributed by atoms with van der Waals surface area (Å²) in [6.07, 6.45) is 0. The van der Waals surface area contributed by atoms with Crippen molar-refractivity contribution in [1.82, 2.24) is 0 Å². The minimum atomic E-state index is -0.0963. The average Bonchev–Trinajstić information content (AvgIpc) is 3.80. The predicted octanol–water partition coefficient (Wildman–Crippen LogP) is 12.3. The molecule has 0 fully saturated rings. The van der Waals surface area contributed by atoms with Gasteiger partial charge in [-0.3, -0.25) is 0 Å². The highest BCUT2D eigenvalue weighted by Gasteiger charge is 2.45. The fraction of sp³-hybridized carbons (Fsp3) is 0. The number of furan rings is 1. The van der Waals surface area contributed by atoms with Gasteiger partial charge in [-0.05, 0) is 64.5 Å². The van der Waals surface area contributed by atoms with E-state index in [1.807, 2.05) is 11.3 Å². The SMILES string of the molecule is c1ccc(-c2ccc3sc4ccccc4c3c2N2c3ccccc3B3c4c(cccc42)-c2ccccc2N3c2cccc3c2oc2ccccc23)cc1. The van der Waals surface area contributed by atoms with Gasteiger partial charge < -0.3 is 14.1 Å². The normalized spacial score (nSPS) is 13.2. The van der Waals surface area contributed by atoms with Gasteiger partial charge in [-0.1, -0.05) is 133 Å². The Hall–Kier alpha value is -6.56. The molecule has 0 spiro atoms. The van der Waals surface area contributed by atoms with Crippen LogP contribution in [0, 0.1) is 0 Å². The molecule has 53 heavy (non-hydrogen) atoms. The van der Waals surface area contributed by atoms with Crippen LogP contribution in [0.4, 0.5) is 28.4 Å². The number of rotatable bonds is 3. The van der Waals surface area contributed by atoms with Gasteiger partial charge in [0.2, 0.25) is 0 Å². The van der Waals surface area contributed by atoms with E-state index in [0.29, 0.717) is 0 Å². The second-order valence-electron chi connectivity index (χ2n) is 14.0. The van der Waals surface area contributed by atoms with Crippen molar-refractivity contribution in [3.05, 3.63) is 176 Å². The summed E-state index contributed by atoms with van der Waals surface area (Å²) < 4.78 is 9.34. The van der Waals surface area contributed by atoms with E-state index in [1.54, 1.807) is 0 Å². The lowest BCUT2D eigenvalue weighted by Gasteiger charge is -2.46. The van der Waals surface area contributed by atoms with Gasteiger partial charge in [0.05, 0.1) is 11.4 Å². The maximum Gasteiger partial charge on any atom is 0.333 e. The summed E-state index contributed by atoms with van der Waals surface area (Å²) in [5, 5.41) is 4.84. The van der Waals surface area contributed by atoms with Gasteiger partial charge >= 0.3 is 6.85 Å². The summed E-state index contributed by atoms with van der Waals surface area (Å²) in [4.78, 5) is 5.11. The maximum absolute atomic E-state index is 6.75. The summed E-state index contributed by atoms with van der Waals surface area (Å²) in [5.41, 5.74) is 15.1. The topological polar surface area (TPSA) is 19.6 Å². The first kappa shape index (κ1) is 29.1. The summed E-state index contributed by atoms with van der Waals surface area (Å²) >= 11 is 1.87. The highest BCUT2D eigenvalue weighted by atomic mass is 32.1. The Balaban J connectivity index is 1.21. The molecule has 2 aliphatic rings. The third kappa shape index (κ3) is 4.00. The van der Waals surface area contributed by atoms with Crippen molar-refractivity contribution < 1.29 is 4.42 Å². The lowest BCUT2D eigenvalue weighted by molar-refractivity contribution is 0.669. The molecule has 0 atom stereocenters. The number of anilines is 5. The fourth-order valence-corrected chi connectivity index (χ4v) is 10.2. The minimum absolute atomic E-state index is 0.0963. The number of fused-ring (bicyclic) bond motifs is 10. The van der Waals surface area contributed by atoms with Crippen molar-refractivity contribution in [3.63, 3.8) is 0 Å². The number of nitrogens with zero attached hydrogens (tertiary/aromatic N) is 2. The fourth-order valence-electron chi connectivity index (χ4n) is 9.11. The number of hydrogen-bond acceptors (Lipinski definition) is 4. The van der Waals surface area contributed by atoms with Gasteiger partial charge in [0, 0.05) is 59.1 Å². The van der Waals surface area contributed by atoms with Crippen LogP contribution < -0.4 is 20.6 Å². The highest BCUT2D eigenvalue weighted by Crippen LogP contribution is 2.52. The van der Waals surface area contributed by atoms with E-state index in [2.05, 4.69) is 186 Å². The molecular formula is C48H29BN2OS. The van der Waals surface area contributed by atoms with Crippen molar-refractivity contribution >= 4 is 99.7 Å². The molecule has 3 nitrogen and oxygen atoms in total. The smallest absolute Gasteiger partial charge is 0.333 e. The standard InChI is InChI=1S/C48H29BN2OS/c1-2-14-30(15-3-1)31-28-29-44-45(36-18-6-11-27-43(36)53-44)47(31)50-39-23-9-7-21-37(39)49-46-34(19-12-24-40(46)50)32-16-4-8-22-38(32)51(49)41-25-13-20-35-33-17-5-10-26-42(33)52-48(35)41/h1-29H. The Kier molecular flexibility index (Phi) is 6.02. The van der Waals surface area contributed by atoms with E-state index in [0.717, 1.165) is 27.6 Å². The van der Waals surface area contributed by atoms with Crippen LogP contribution in [0.3, 0.4) is 0 Å². The van der Waals surface area contributed by atoms with Crippen molar-refractivity contribution in [2.24, 2.45) is 0 Å². The van der Waals surface area contributed by atoms with Gasteiger partial charge in [-0.2, -0.15) is 0 Å². The lowest BCUT2D eigenvalue weighted by atomic mass is 9.43. The summed E-state index contributed by atoms with van der Waals surface area (Å²) in [6.45, 7) is -0.0963. The van der Waals surface area contributed by atoms with Crippen LogP contribution in [0.2, 0.25) is 0 Å². The maximum atomic E-state index is 6.75. The first-order valence-corrected chi connectivity index (χ1v) is 19.0. The van der Waals surface area contributed by atoms with E-state index < -0.39 is 0 Å². The van der Waals surface area contributed by atoms with E-state index >= 15 is 0 Å². The summed E-state index contributed by atoms with van der Waals surface area (Å²) in [5.74, 6) is 0. The van der Waals surface area contributed by atoms with E-state index in [1.165, 1.54) is 76.1 Å². The summed E-state index contributed by atoms with van der Waals surface area (Å²) in [6, 6.07) is 64.2. The zero-order valence-corrected chi connectivity index (χ0v) is 29.3. The number of thiophene rings is 1. The molecule has 0 saturated carbocycles. The third-order valence-corrected chi connectivity index (χ3v) is 12.4. The van der Waals surface area contributed by atoms with Crippen LogP contribution in [0.1, 0.15) is 0 Å². The second-order valence-corrected chi connectivity index (χ2v) is 15.1. The zero-order chi connectivity index (χ0) is 34.6. The quantitative estimate of drug-likeness (QED) is 0.172. The van der Waals surface area contributed by atoms with Crippen molar-refractivity contribution in [2.45, 2.75) is 0 Å². The third-order valence-electron chi connectivity index (χ3n) is 11.2. The molecule has 0 bridgehead atoms. The van der Waals surface area contributed by atoms with Crippen LogP contribution in [0.5, 0.6) is 0 Å². The number of hydrogen-bond donors (Lipinski definition) is 0. The van der Waals surface area contributed by atoms with Gasteiger partial charge in [-0.15, -0.1) is 11.3 Å².